The molecule has 2 rings (SSSR count). The molecule has 0 spiro atoms. The van der Waals surface area contributed by atoms with Crippen LogP contribution in [0.2, 0.25) is 0 Å². The number of carboxylic acid groups (broad SMARTS) is 1. The zero-order chi connectivity index (χ0) is 14.9. The first-order valence-electron chi connectivity index (χ1n) is 5.07. The van der Waals surface area contributed by atoms with Gasteiger partial charge in [0, 0.05) is 7.05 Å². The molecule has 0 radical (unpaired) electrons. The average molecular weight is 297 g/mol. The van der Waals surface area contributed by atoms with E-state index in [-0.39, 0.29) is 10.2 Å². The number of rotatable bonds is 4. The Balaban J connectivity index is 2.41. The number of nitrogens with zero attached hydrogens (tertiary/aromatic N) is 4. The van der Waals surface area contributed by atoms with E-state index in [1.54, 1.807) is 0 Å². The van der Waals surface area contributed by atoms with E-state index in [1.165, 1.54) is 11.6 Å². The normalized spacial score (nSPS) is 10.4. The number of H-pyrrole nitrogens is 1. The molecule has 11 heteroatoms. The van der Waals surface area contributed by atoms with Crippen molar-refractivity contribution in [3.63, 3.8) is 0 Å². The van der Waals surface area contributed by atoms with E-state index in [0.29, 0.717) is 0 Å². The van der Waals surface area contributed by atoms with Crippen LogP contribution in [-0.2, 0) is 7.05 Å². The summed E-state index contributed by atoms with van der Waals surface area (Å²) in [4.78, 5) is 35.8. The topological polar surface area (TPSA) is 144 Å². The van der Waals surface area contributed by atoms with Gasteiger partial charge in [-0.1, -0.05) is 0 Å². The van der Waals surface area contributed by atoms with Gasteiger partial charge in [-0.3, -0.25) is 14.7 Å². The maximum Gasteiger partial charge on any atom is 0.343 e. The second-order valence-electron chi connectivity index (χ2n) is 3.57. The number of aromatic amines is 1. The van der Waals surface area contributed by atoms with Gasteiger partial charge >= 0.3 is 17.3 Å². The van der Waals surface area contributed by atoms with Crippen LogP contribution in [0, 0.1) is 10.1 Å². The summed E-state index contributed by atoms with van der Waals surface area (Å²) in [6.45, 7) is 0. The highest BCUT2D eigenvalue weighted by Gasteiger charge is 2.21. The number of aromatic nitrogens is 4. The predicted molar refractivity (Wildman–Crippen MR) is 65.8 cm³/mol. The summed E-state index contributed by atoms with van der Waals surface area (Å²) in [6.07, 6.45) is 0.858. The zero-order valence-corrected chi connectivity index (χ0v) is 10.7. The highest BCUT2D eigenvalue weighted by molar-refractivity contribution is 7.99. The standard InChI is InChI=1S/C9H7N5O5S/c1-13-8(17)11-12-9(13)20-6-2-4(7(15)16)5(3-10-6)14(18)19/h2-3H,1H3,(H,11,17)(H,15,16). The number of nitro groups is 1. The highest BCUT2D eigenvalue weighted by atomic mass is 32.2. The Hall–Kier alpha value is -2.69. The van der Waals surface area contributed by atoms with Crippen LogP contribution >= 0.6 is 11.8 Å². The van der Waals surface area contributed by atoms with Gasteiger partial charge < -0.3 is 5.11 Å². The lowest BCUT2D eigenvalue weighted by molar-refractivity contribution is -0.385. The largest absolute Gasteiger partial charge is 0.477 e. The quantitative estimate of drug-likeness (QED) is 0.604. The number of nitrogens with one attached hydrogen (secondary N) is 1. The monoisotopic (exact) mass is 297 g/mol. The summed E-state index contributed by atoms with van der Waals surface area (Å²) in [7, 11) is 1.47. The van der Waals surface area contributed by atoms with E-state index in [2.05, 4.69) is 15.2 Å². The van der Waals surface area contributed by atoms with Crippen LogP contribution in [0.15, 0.2) is 27.2 Å². The van der Waals surface area contributed by atoms with E-state index in [4.69, 9.17) is 5.11 Å². The molecule has 0 fully saturated rings. The molecule has 0 unspecified atom stereocenters. The molecule has 2 heterocycles. The van der Waals surface area contributed by atoms with Gasteiger partial charge in [0.2, 0.25) is 0 Å². The summed E-state index contributed by atoms with van der Waals surface area (Å²) < 4.78 is 1.20. The summed E-state index contributed by atoms with van der Waals surface area (Å²) in [5, 5.41) is 26.0. The average Bonchev–Trinajstić information content (AvgIpc) is 2.70. The van der Waals surface area contributed by atoms with Gasteiger partial charge in [-0.25, -0.2) is 19.7 Å². The molecule has 20 heavy (non-hydrogen) atoms. The maximum absolute atomic E-state index is 11.2. The Morgan fingerprint density at radius 1 is 1.60 bits per heavy atom. The third-order valence-electron chi connectivity index (χ3n) is 2.32. The van der Waals surface area contributed by atoms with E-state index < -0.39 is 27.8 Å². The summed E-state index contributed by atoms with van der Waals surface area (Å²) in [6, 6.07) is 1.06. The number of aromatic carboxylic acids is 1. The van der Waals surface area contributed by atoms with E-state index in [1.807, 2.05) is 0 Å². The fourth-order valence-electron chi connectivity index (χ4n) is 1.32. The molecule has 0 saturated carbocycles. The van der Waals surface area contributed by atoms with Crippen molar-refractivity contribution in [3.8, 4) is 0 Å². The Bertz CT molecular complexity index is 751. The van der Waals surface area contributed by atoms with Crippen molar-refractivity contribution in [2.75, 3.05) is 0 Å². The zero-order valence-electron chi connectivity index (χ0n) is 9.93. The van der Waals surface area contributed by atoms with Crippen molar-refractivity contribution < 1.29 is 14.8 Å². The molecule has 2 aromatic heterocycles. The third-order valence-corrected chi connectivity index (χ3v) is 3.30. The molecule has 2 N–H and O–H groups in total. The number of carbonyl (C=O) groups is 1. The molecule has 0 atom stereocenters. The molecule has 0 amide bonds. The Morgan fingerprint density at radius 2 is 2.30 bits per heavy atom. The second-order valence-corrected chi connectivity index (χ2v) is 4.56. The molecule has 0 aliphatic carbocycles. The van der Waals surface area contributed by atoms with Crippen molar-refractivity contribution in [2.24, 2.45) is 7.05 Å². The SMILES string of the molecule is Cn1c(Sc2cc(C(=O)O)c([N+](=O)[O-])cn2)n[nH]c1=O. The van der Waals surface area contributed by atoms with E-state index in [9.17, 15) is 19.7 Å². The van der Waals surface area contributed by atoms with Crippen LogP contribution in [0.3, 0.4) is 0 Å². The van der Waals surface area contributed by atoms with Gasteiger partial charge in [0.05, 0.1) is 4.92 Å². The van der Waals surface area contributed by atoms with Crippen molar-refractivity contribution in [3.05, 3.63) is 38.4 Å². The van der Waals surface area contributed by atoms with E-state index in [0.717, 1.165) is 24.0 Å². The molecular formula is C9H7N5O5S. The molecule has 104 valence electrons. The Morgan fingerprint density at radius 3 is 2.80 bits per heavy atom. The number of carboxylic acids is 1. The Kier molecular flexibility index (Phi) is 3.52. The van der Waals surface area contributed by atoms with Gasteiger partial charge in [0.15, 0.2) is 5.16 Å². The van der Waals surface area contributed by atoms with Crippen molar-refractivity contribution >= 4 is 23.4 Å². The lowest BCUT2D eigenvalue weighted by Gasteiger charge is -2.01. The van der Waals surface area contributed by atoms with Crippen molar-refractivity contribution in [1.82, 2.24) is 19.7 Å². The lowest BCUT2D eigenvalue weighted by atomic mass is 10.2. The molecule has 0 aliphatic rings. The molecule has 10 nitrogen and oxygen atoms in total. The minimum absolute atomic E-state index is 0.176. The molecule has 0 saturated heterocycles. The molecule has 0 bridgehead atoms. The van der Waals surface area contributed by atoms with Gasteiger partial charge in [-0.05, 0) is 17.8 Å². The smallest absolute Gasteiger partial charge is 0.343 e. The lowest BCUT2D eigenvalue weighted by Crippen LogP contribution is -2.12. The van der Waals surface area contributed by atoms with Crippen molar-refractivity contribution in [2.45, 2.75) is 10.2 Å². The summed E-state index contributed by atoms with van der Waals surface area (Å²) in [5.74, 6) is -1.43. The minimum atomic E-state index is -1.43. The highest BCUT2D eigenvalue weighted by Crippen LogP contribution is 2.27. The predicted octanol–water partition coefficient (Wildman–Crippen LogP) is 0.261. The maximum atomic E-state index is 11.2. The summed E-state index contributed by atoms with van der Waals surface area (Å²) in [5.41, 5.74) is -1.52. The van der Waals surface area contributed by atoms with Crippen LogP contribution in [0.4, 0.5) is 5.69 Å². The number of hydrogen-bond acceptors (Lipinski definition) is 7. The number of pyridine rings is 1. The molecule has 0 aliphatic heterocycles. The molecule has 0 aromatic carbocycles. The van der Waals surface area contributed by atoms with Crippen LogP contribution in [0.5, 0.6) is 0 Å². The van der Waals surface area contributed by atoms with Crippen LogP contribution in [0.1, 0.15) is 10.4 Å². The van der Waals surface area contributed by atoms with Gasteiger partial charge in [0.25, 0.3) is 0 Å². The van der Waals surface area contributed by atoms with Gasteiger partial charge in [-0.15, -0.1) is 5.10 Å². The van der Waals surface area contributed by atoms with Crippen molar-refractivity contribution in [1.29, 1.82) is 0 Å². The first kappa shape index (κ1) is 13.7. The van der Waals surface area contributed by atoms with Gasteiger partial charge in [0.1, 0.15) is 16.8 Å². The third kappa shape index (κ3) is 2.51. The second kappa shape index (κ2) is 5.13. The minimum Gasteiger partial charge on any atom is -0.477 e. The van der Waals surface area contributed by atoms with E-state index >= 15 is 0 Å². The van der Waals surface area contributed by atoms with Crippen LogP contribution in [-0.4, -0.2) is 35.7 Å². The fraction of sp³-hybridized carbons (Fsp3) is 0.111. The van der Waals surface area contributed by atoms with Crippen LogP contribution < -0.4 is 5.69 Å². The first-order chi connectivity index (χ1) is 9.40. The number of hydrogen-bond donors (Lipinski definition) is 2. The fourth-order valence-corrected chi connectivity index (χ4v) is 2.10. The van der Waals surface area contributed by atoms with Gasteiger partial charge in [-0.2, -0.15) is 0 Å². The first-order valence-corrected chi connectivity index (χ1v) is 5.88. The van der Waals surface area contributed by atoms with Crippen LogP contribution in [0.25, 0.3) is 0 Å². The molecular weight excluding hydrogens is 290 g/mol. The summed E-state index contributed by atoms with van der Waals surface area (Å²) >= 11 is 0.911. The molecule has 2 aromatic rings. The Labute approximate surface area is 114 Å².